The molecule has 0 saturated carbocycles. The number of halogens is 1. The van der Waals surface area contributed by atoms with Crippen LogP contribution in [0.3, 0.4) is 0 Å². The minimum atomic E-state index is -0.226. The van der Waals surface area contributed by atoms with Gasteiger partial charge in [-0.3, -0.25) is 14.9 Å². The van der Waals surface area contributed by atoms with E-state index in [1.807, 2.05) is 45.9 Å². The lowest BCUT2D eigenvalue weighted by atomic mass is 10.2. The third-order valence-electron chi connectivity index (χ3n) is 3.83. The van der Waals surface area contributed by atoms with E-state index < -0.39 is 0 Å². The minimum Gasteiger partial charge on any atom is -0.320 e. The number of hydrogen-bond donors (Lipinski definition) is 2. The maximum Gasteiger partial charge on any atom is 0.327 e. The lowest BCUT2D eigenvalue weighted by Gasteiger charge is -2.29. The average Bonchev–Trinajstić information content (AvgIpc) is 3.01. The summed E-state index contributed by atoms with van der Waals surface area (Å²) in [4.78, 5) is 22.8. The predicted molar refractivity (Wildman–Crippen MR) is 113 cm³/mol. The van der Waals surface area contributed by atoms with Crippen molar-refractivity contribution in [2.45, 2.75) is 40.7 Å². The number of aromatic nitrogens is 4. The van der Waals surface area contributed by atoms with Crippen LogP contribution in [0.25, 0.3) is 0 Å². The molecule has 0 bridgehead atoms. The summed E-state index contributed by atoms with van der Waals surface area (Å²) in [5.74, 6) is 0.822. The molecule has 1 aliphatic heterocycles. The number of carbonyl (C=O) groups is 1. The largest absolute Gasteiger partial charge is 0.327 e. The molecule has 2 aromatic rings. The van der Waals surface area contributed by atoms with Crippen molar-refractivity contribution in [3.8, 4) is 0 Å². The number of rotatable bonds is 5. The minimum absolute atomic E-state index is 0.226. The SMILES string of the molecule is C/C=C(\C=C/CC)N1Cc2cnc(Nc3cn(C)nc3Cl)nc2NC1=O.CC. The molecule has 3 heterocycles. The van der Waals surface area contributed by atoms with Gasteiger partial charge in [0.05, 0.1) is 12.2 Å². The summed E-state index contributed by atoms with van der Waals surface area (Å²) in [6.07, 6.45) is 10.2. The van der Waals surface area contributed by atoms with Crippen LogP contribution < -0.4 is 10.6 Å². The van der Waals surface area contributed by atoms with Crippen molar-refractivity contribution < 1.29 is 4.79 Å². The molecule has 0 aliphatic carbocycles. The summed E-state index contributed by atoms with van der Waals surface area (Å²) >= 11 is 6.03. The molecule has 0 atom stereocenters. The Morgan fingerprint density at radius 1 is 1.43 bits per heavy atom. The summed E-state index contributed by atoms with van der Waals surface area (Å²) in [5, 5.41) is 10.2. The number of aryl methyl sites for hydroxylation is 1. The topological polar surface area (TPSA) is 88.0 Å². The van der Waals surface area contributed by atoms with Gasteiger partial charge in [-0.05, 0) is 19.4 Å². The molecule has 2 N–H and O–H groups in total. The van der Waals surface area contributed by atoms with Gasteiger partial charge in [-0.1, -0.05) is 44.5 Å². The van der Waals surface area contributed by atoms with Gasteiger partial charge in [-0.2, -0.15) is 10.1 Å². The van der Waals surface area contributed by atoms with Crippen LogP contribution in [-0.2, 0) is 13.6 Å². The number of allylic oxidation sites excluding steroid dienone is 3. The number of nitrogens with one attached hydrogen (secondary N) is 2. The number of anilines is 3. The van der Waals surface area contributed by atoms with Crippen molar-refractivity contribution in [2.75, 3.05) is 10.6 Å². The molecule has 0 saturated heterocycles. The standard InChI is InChI=1S/C17H20ClN7O.C2H6/c1-4-6-7-12(5-2)25-9-11-8-19-16(21-15(11)22-17(25)26)20-13-10-24(3)23-14(13)18;1-2/h5-8,10H,4,9H2,1-3H3,(H2,19,20,21,22,26);1-2H3/b7-6-,12-5+;. The highest BCUT2D eigenvalue weighted by Gasteiger charge is 2.26. The summed E-state index contributed by atoms with van der Waals surface area (Å²) in [7, 11) is 1.77. The molecule has 0 unspecified atom stereocenters. The molecule has 0 aromatic carbocycles. The van der Waals surface area contributed by atoms with Gasteiger partial charge < -0.3 is 5.32 Å². The van der Waals surface area contributed by atoms with Gasteiger partial charge in [0.1, 0.15) is 5.82 Å². The van der Waals surface area contributed by atoms with Crippen molar-refractivity contribution in [1.82, 2.24) is 24.6 Å². The number of urea groups is 1. The van der Waals surface area contributed by atoms with E-state index in [1.165, 1.54) is 0 Å². The fourth-order valence-electron chi connectivity index (χ4n) is 2.56. The molecule has 2 amide bonds. The molecule has 28 heavy (non-hydrogen) atoms. The Morgan fingerprint density at radius 3 is 2.79 bits per heavy atom. The molecule has 9 heteroatoms. The van der Waals surface area contributed by atoms with E-state index >= 15 is 0 Å². The zero-order valence-electron chi connectivity index (χ0n) is 16.8. The maximum absolute atomic E-state index is 12.5. The van der Waals surface area contributed by atoms with Gasteiger partial charge in [0.15, 0.2) is 5.15 Å². The van der Waals surface area contributed by atoms with Crippen molar-refractivity contribution in [3.05, 3.63) is 47.0 Å². The fraction of sp³-hybridized carbons (Fsp3) is 0.368. The monoisotopic (exact) mass is 403 g/mol. The first kappa shape index (κ1) is 21.4. The normalized spacial score (nSPS) is 13.7. The van der Waals surface area contributed by atoms with Gasteiger partial charge in [0, 0.05) is 30.7 Å². The van der Waals surface area contributed by atoms with Gasteiger partial charge in [0.2, 0.25) is 5.95 Å². The number of nitrogens with zero attached hydrogens (tertiary/aromatic N) is 5. The van der Waals surface area contributed by atoms with Crippen LogP contribution in [0.4, 0.5) is 22.2 Å². The first-order valence-electron chi connectivity index (χ1n) is 9.25. The van der Waals surface area contributed by atoms with E-state index in [4.69, 9.17) is 11.6 Å². The second kappa shape index (κ2) is 9.89. The molecule has 2 aromatic heterocycles. The highest BCUT2D eigenvalue weighted by molar-refractivity contribution is 6.32. The first-order chi connectivity index (χ1) is 13.5. The molecule has 0 fully saturated rings. The Balaban J connectivity index is 0.00000136. The Labute approximate surface area is 170 Å². The summed E-state index contributed by atoms with van der Waals surface area (Å²) < 4.78 is 1.59. The lowest BCUT2D eigenvalue weighted by molar-refractivity contribution is 0.222. The molecule has 150 valence electrons. The summed E-state index contributed by atoms with van der Waals surface area (Å²) in [5.41, 5.74) is 2.26. The van der Waals surface area contributed by atoms with Crippen molar-refractivity contribution in [1.29, 1.82) is 0 Å². The first-order valence-corrected chi connectivity index (χ1v) is 9.63. The second-order valence-electron chi connectivity index (χ2n) is 5.74. The van der Waals surface area contributed by atoms with E-state index in [-0.39, 0.29) is 6.03 Å². The van der Waals surface area contributed by atoms with E-state index in [2.05, 4.69) is 25.7 Å². The maximum atomic E-state index is 12.5. The van der Waals surface area contributed by atoms with E-state index in [9.17, 15) is 4.79 Å². The number of amides is 2. The summed E-state index contributed by atoms with van der Waals surface area (Å²) in [6.45, 7) is 8.36. The molecule has 1 aliphatic rings. The molecule has 3 rings (SSSR count). The molecular weight excluding hydrogens is 378 g/mol. The van der Waals surface area contributed by atoms with Crippen LogP contribution in [0, 0.1) is 0 Å². The van der Waals surface area contributed by atoms with Crippen LogP contribution in [0.15, 0.2) is 36.3 Å². The van der Waals surface area contributed by atoms with Crippen molar-refractivity contribution >= 4 is 35.1 Å². The van der Waals surface area contributed by atoms with E-state index in [0.29, 0.717) is 29.2 Å². The zero-order valence-corrected chi connectivity index (χ0v) is 17.6. The number of carbonyl (C=O) groups excluding carboxylic acids is 1. The number of fused-ring (bicyclic) bond motifs is 1. The highest BCUT2D eigenvalue weighted by Crippen LogP contribution is 2.27. The van der Waals surface area contributed by atoms with Crippen LogP contribution in [-0.4, -0.2) is 30.7 Å². The van der Waals surface area contributed by atoms with Crippen LogP contribution in [0.2, 0.25) is 5.15 Å². The van der Waals surface area contributed by atoms with E-state index in [0.717, 1.165) is 17.7 Å². The molecule has 0 radical (unpaired) electrons. The smallest absolute Gasteiger partial charge is 0.320 e. The Kier molecular flexibility index (Phi) is 7.57. The Morgan fingerprint density at radius 2 is 2.18 bits per heavy atom. The number of hydrogen-bond acceptors (Lipinski definition) is 5. The van der Waals surface area contributed by atoms with E-state index in [1.54, 1.807) is 29.0 Å². The van der Waals surface area contributed by atoms with Crippen LogP contribution >= 0.6 is 11.6 Å². The summed E-state index contributed by atoms with van der Waals surface area (Å²) in [6, 6.07) is -0.226. The van der Waals surface area contributed by atoms with Crippen LogP contribution in [0.1, 0.15) is 39.7 Å². The lowest BCUT2D eigenvalue weighted by Crippen LogP contribution is -2.38. The van der Waals surface area contributed by atoms with Gasteiger partial charge in [-0.15, -0.1) is 0 Å². The highest BCUT2D eigenvalue weighted by atomic mass is 35.5. The molecular formula is C19H26ClN7O. The predicted octanol–water partition coefficient (Wildman–Crippen LogP) is 4.85. The third kappa shape index (κ3) is 4.89. The third-order valence-corrected chi connectivity index (χ3v) is 4.10. The zero-order chi connectivity index (χ0) is 20.7. The van der Waals surface area contributed by atoms with Crippen molar-refractivity contribution in [3.63, 3.8) is 0 Å². The average molecular weight is 404 g/mol. The Hall–Kier alpha value is -2.87. The Bertz CT molecular complexity index is 888. The van der Waals surface area contributed by atoms with Gasteiger partial charge in [0.25, 0.3) is 0 Å². The van der Waals surface area contributed by atoms with Gasteiger partial charge >= 0.3 is 6.03 Å². The van der Waals surface area contributed by atoms with Gasteiger partial charge in [-0.25, -0.2) is 9.78 Å². The quantitative estimate of drug-likeness (QED) is 0.696. The van der Waals surface area contributed by atoms with Crippen molar-refractivity contribution in [2.24, 2.45) is 7.05 Å². The van der Waals surface area contributed by atoms with Crippen LogP contribution in [0.5, 0.6) is 0 Å². The fourth-order valence-corrected chi connectivity index (χ4v) is 2.77. The second-order valence-corrected chi connectivity index (χ2v) is 6.10. The molecule has 8 nitrogen and oxygen atoms in total. The molecule has 0 spiro atoms.